The minimum Gasteiger partial charge on any atom is -0.482 e. The molecule has 1 aromatic heterocycles. The Labute approximate surface area is 102 Å². The van der Waals surface area contributed by atoms with Gasteiger partial charge in [-0.3, -0.25) is 4.79 Å². The number of fused-ring (bicyclic) bond motifs is 1. The number of ether oxygens (including phenoxy) is 1. The number of aromatic nitrogens is 2. The molecule has 92 valence electrons. The minimum absolute atomic E-state index is 0.0945. The van der Waals surface area contributed by atoms with Gasteiger partial charge in [-0.1, -0.05) is 23.4 Å². The number of carboxylic acid groups (broad SMARTS) is 1. The van der Waals surface area contributed by atoms with Gasteiger partial charge in [0.1, 0.15) is 12.2 Å². The number of carboxylic acids is 1. The largest absolute Gasteiger partial charge is 0.482 e. The molecule has 0 radical (unpaired) electrons. The van der Waals surface area contributed by atoms with Crippen molar-refractivity contribution < 1.29 is 19.2 Å². The molecule has 6 nitrogen and oxygen atoms in total. The van der Waals surface area contributed by atoms with Crippen molar-refractivity contribution in [2.45, 2.75) is 18.9 Å². The molecule has 0 bridgehead atoms. The molecule has 0 spiro atoms. The first-order valence-corrected chi connectivity index (χ1v) is 5.51. The maximum Gasteiger partial charge on any atom is 0.312 e. The van der Waals surface area contributed by atoms with Crippen LogP contribution >= 0.6 is 0 Å². The molecule has 1 aromatic carbocycles. The standard InChI is InChI=1S/C12H10N2O4/c15-11(16)6-10-13-12(14-18-10)9-5-7-3-1-2-4-8(7)17-9/h1-4,9H,5-6H2,(H,15,16). The van der Waals surface area contributed by atoms with Crippen LogP contribution in [-0.4, -0.2) is 21.2 Å². The van der Waals surface area contributed by atoms with E-state index in [1.165, 1.54) is 0 Å². The topological polar surface area (TPSA) is 85.5 Å². The van der Waals surface area contributed by atoms with E-state index in [1.54, 1.807) is 0 Å². The molecule has 0 saturated heterocycles. The Morgan fingerprint density at radius 2 is 2.28 bits per heavy atom. The molecule has 0 aliphatic carbocycles. The van der Waals surface area contributed by atoms with Crippen molar-refractivity contribution in [1.29, 1.82) is 0 Å². The smallest absolute Gasteiger partial charge is 0.312 e. The lowest BCUT2D eigenvalue weighted by Crippen LogP contribution is -2.06. The van der Waals surface area contributed by atoms with Gasteiger partial charge in [-0.05, 0) is 11.6 Å². The zero-order chi connectivity index (χ0) is 12.5. The Hall–Kier alpha value is -2.37. The molecule has 6 heteroatoms. The summed E-state index contributed by atoms with van der Waals surface area (Å²) in [5.74, 6) is 0.299. The number of hydrogen-bond acceptors (Lipinski definition) is 5. The third kappa shape index (κ3) is 1.92. The zero-order valence-corrected chi connectivity index (χ0v) is 9.37. The summed E-state index contributed by atoms with van der Waals surface area (Å²) in [4.78, 5) is 14.6. The van der Waals surface area contributed by atoms with Gasteiger partial charge in [0.15, 0.2) is 6.10 Å². The first kappa shape index (κ1) is 10.8. The fourth-order valence-electron chi connectivity index (χ4n) is 1.93. The van der Waals surface area contributed by atoms with Gasteiger partial charge in [0.25, 0.3) is 0 Å². The quantitative estimate of drug-likeness (QED) is 0.880. The first-order valence-electron chi connectivity index (χ1n) is 5.51. The zero-order valence-electron chi connectivity index (χ0n) is 9.37. The molecule has 1 aliphatic heterocycles. The lowest BCUT2D eigenvalue weighted by molar-refractivity contribution is -0.136. The van der Waals surface area contributed by atoms with E-state index in [4.69, 9.17) is 14.4 Å². The van der Waals surface area contributed by atoms with Gasteiger partial charge in [-0.15, -0.1) is 0 Å². The van der Waals surface area contributed by atoms with Gasteiger partial charge in [0, 0.05) is 6.42 Å². The van der Waals surface area contributed by atoms with Crippen molar-refractivity contribution in [3.8, 4) is 5.75 Å². The van der Waals surface area contributed by atoms with Crippen LogP contribution in [0.15, 0.2) is 28.8 Å². The number of para-hydroxylation sites is 1. The lowest BCUT2D eigenvalue weighted by Gasteiger charge is -2.04. The monoisotopic (exact) mass is 246 g/mol. The van der Waals surface area contributed by atoms with Crippen LogP contribution in [-0.2, 0) is 17.6 Å². The summed E-state index contributed by atoms with van der Waals surface area (Å²) in [5.41, 5.74) is 1.09. The summed E-state index contributed by atoms with van der Waals surface area (Å²) in [7, 11) is 0. The van der Waals surface area contributed by atoms with Crippen LogP contribution in [0.5, 0.6) is 5.75 Å². The Morgan fingerprint density at radius 1 is 1.44 bits per heavy atom. The first-order chi connectivity index (χ1) is 8.72. The second-order valence-electron chi connectivity index (χ2n) is 4.04. The Balaban J connectivity index is 1.78. The molecule has 0 saturated carbocycles. The van der Waals surface area contributed by atoms with Crippen LogP contribution in [0.1, 0.15) is 23.4 Å². The van der Waals surface area contributed by atoms with Gasteiger partial charge in [-0.25, -0.2) is 0 Å². The molecular formula is C12H10N2O4. The fourth-order valence-corrected chi connectivity index (χ4v) is 1.93. The highest BCUT2D eigenvalue weighted by molar-refractivity contribution is 5.68. The molecule has 0 fully saturated rings. The third-order valence-electron chi connectivity index (χ3n) is 2.72. The van der Waals surface area contributed by atoms with E-state index in [9.17, 15) is 4.79 Å². The van der Waals surface area contributed by atoms with Crippen LogP contribution in [0, 0.1) is 0 Å². The fraction of sp³-hybridized carbons (Fsp3) is 0.250. The van der Waals surface area contributed by atoms with E-state index in [1.807, 2.05) is 24.3 Å². The van der Waals surface area contributed by atoms with Gasteiger partial charge < -0.3 is 14.4 Å². The van der Waals surface area contributed by atoms with E-state index in [2.05, 4.69) is 10.1 Å². The molecule has 2 heterocycles. The van der Waals surface area contributed by atoms with Gasteiger partial charge in [0.2, 0.25) is 11.7 Å². The number of benzene rings is 1. The third-order valence-corrected chi connectivity index (χ3v) is 2.72. The SMILES string of the molecule is O=C(O)Cc1nc(C2Cc3ccccc3O2)no1. The Bertz CT molecular complexity index is 568. The average Bonchev–Trinajstić information content (AvgIpc) is 2.93. The number of carbonyl (C=O) groups is 1. The van der Waals surface area contributed by atoms with Crippen LogP contribution in [0.25, 0.3) is 0 Å². The van der Waals surface area contributed by atoms with Crippen molar-refractivity contribution in [1.82, 2.24) is 10.1 Å². The average molecular weight is 246 g/mol. The summed E-state index contributed by atoms with van der Waals surface area (Å²) in [6, 6.07) is 7.70. The maximum atomic E-state index is 10.5. The normalized spacial score (nSPS) is 17.2. The van der Waals surface area contributed by atoms with Crippen molar-refractivity contribution in [2.24, 2.45) is 0 Å². The molecular weight excluding hydrogens is 236 g/mol. The number of hydrogen-bond donors (Lipinski definition) is 1. The number of aliphatic carboxylic acids is 1. The van der Waals surface area contributed by atoms with Crippen LogP contribution in [0.3, 0.4) is 0 Å². The van der Waals surface area contributed by atoms with Crippen molar-refractivity contribution >= 4 is 5.97 Å². The van der Waals surface area contributed by atoms with Gasteiger partial charge >= 0.3 is 5.97 Å². The molecule has 1 atom stereocenters. The van der Waals surface area contributed by atoms with Crippen LogP contribution < -0.4 is 4.74 Å². The summed E-state index contributed by atoms with van der Waals surface area (Å²) in [6.45, 7) is 0. The molecule has 2 aromatic rings. The van der Waals surface area contributed by atoms with E-state index in [-0.39, 0.29) is 18.4 Å². The maximum absolute atomic E-state index is 10.5. The highest BCUT2D eigenvalue weighted by Crippen LogP contribution is 2.35. The van der Waals surface area contributed by atoms with E-state index in [0.717, 1.165) is 11.3 Å². The highest BCUT2D eigenvalue weighted by Gasteiger charge is 2.28. The molecule has 0 amide bonds. The second-order valence-corrected chi connectivity index (χ2v) is 4.04. The summed E-state index contributed by atoms with van der Waals surface area (Å²) in [6.07, 6.45) is 0.100. The van der Waals surface area contributed by atoms with Crippen molar-refractivity contribution in [3.05, 3.63) is 41.5 Å². The molecule has 18 heavy (non-hydrogen) atoms. The number of rotatable bonds is 3. The predicted octanol–water partition coefficient (Wildman–Crippen LogP) is 1.37. The predicted molar refractivity (Wildman–Crippen MR) is 59.2 cm³/mol. The van der Waals surface area contributed by atoms with E-state index < -0.39 is 5.97 Å². The lowest BCUT2D eigenvalue weighted by atomic mass is 10.1. The van der Waals surface area contributed by atoms with Crippen LogP contribution in [0.4, 0.5) is 0 Å². The molecule has 1 unspecified atom stereocenters. The summed E-state index contributed by atoms with van der Waals surface area (Å²) < 4.78 is 10.5. The van der Waals surface area contributed by atoms with E-state index in [0.29, 0.717) is 12.2 Å². The minimum atomic E-state index is -0.999. The Morgan fingerprint density at radius 3 is 3.06 bits per heavy atom. The summed E-state index contributed by atoms with van der Waals surface area (Å²) in [5, 5.41) is 12.4. The molecule has 3 rings (SSSR count). The van der Waals surface area contributed by atoms with Crippen LogP contribution in [0.2, 0.25) is 0 Å². The number of nitrogens with zero attached hydrogens (tertiary/aromatic N) is 2. The summed E-state index contributed by atoms with van der Waals surface area (Å²) >= 11 is 0. The van der Waals surface area contributed by atoms with Crippen molar-refractivity contribution in [2.75, 3.05) is 0 Å². The van der Waals surface area contributed by atoms with E-state index >= 15 is 0 Å². The second kappa shape index (κ2) is 4.14. The van der Waals surface area contributed by atoms with Crippen molar-refractivity contribution in [3.63, 3.8) is 0 Å². The molecule has 1 aliphatic rings. The highest BCUT2D eigenvalue weighted by atomic mass is 16.5. The van der Waals surface area contributed by atoms with Gasteiger partial charge in [-0.2, -0.15) is 4.98 Å². The molecule has 1 N–H and O–H groups in total. The Kier molecular flexibility index (Phi) is 2.47. The van der Waals surface area contributed by atoms with Gasteiger partial charge in [0.05, 0.1) is 0 Å².